The number of nitrogens with one attached hydrogen (secondary N) is 1. The first kappa shape index (κ1) is 12.5. The van der Waals surface area contributed by atoms with Crippen molar-refractivity contribution < 1.29 is 13.6 Å². The molecule has 102 valence electrons. The van der Waals surface area contributed by atoms with E-state index in [0.717, 1.165) is 38.7 Å². The van der Waals surface area contributed by atoms with E-state index in [2.05, 4.69) is 15.2 Å². The van der Waals surface area contributed by atoms with Gasteiger partial charge in [0.05, 0.1) is 5.56 Å². The Bertz CT molecular complexity index is 501. The van der Waals surface area contributed by atoms with Gasteiger partial charge >= 0.3 is 0 Å². The van der Waals surface area contributed by atoms with Crippen LogP contribution >= 0.6 is 0 Å². The Hall–Kier alpha value is -1.56. The lowest BCUT2D eigenvalue weighted by Crippen LogP contribution is -2.57. The predicted molar refractivity (Wildman–Crippen MR) is 64.6 cm³/mol. The highest BCUT2D eigenvalue weighted by molar-refractivity contribution is 5.94. The molecule has 1 N–H and O–H groups in total. The number of hydrogen-bond acceptors (Lipinski definition) is 3. The molecule has 1 aromatic heterocycles. The fourth-order valence-electron chi connectivity index (χ4n) is 2.97. The van der Waals surface area contributed by atoms with E-state index in [4.69, 9.17) is 0 Å². The van der Waals surface area contributed by atoms with Gasteiger partial charge in [-0.05, 0) is 37.9 Å². The second kappa shape index (κ2) is 4.85. The van der Waals surface area contributed by atoms with E-state index in [0.29, 0.717) is 5.92 Å². The average Bonchev–Trinajstić information content (AvgIpc) is 2.43. The molecule has 4 nitrogen and oxygen atoms in total. The maximum atomic E-state index is 13.5. The molecule has 3 aliphatic heterocycles. The van der Waals surface area contributed by atoms with Crippen molar-refractivity contribution in [1.82, 2.24) is 15.2 Å². The SMILES string of the molecule is O=C(NC1CN2CCC1CC2)c1ccnc(F)c1F. The summed E-state index contributed by atoms with van der Waals surface area (Å²) in [7, 11) is 0. The van der Waals surface area contributed by atoms with Gasteiger partial charge in [0.25, 0.3) is 5.91 Å². The van der Waals surface area contributed by atoms with Crippen LogP contribution in [0.1, 0.15) is 23.2 Å². The summed E-state index contributed by atoms with van der Waals surface area (Å²) in [4.78, 5) is 17.5. The van der Waals surface area contributed by atoms with E-state index in [1.54, 1.807) is 0 Å². The van der Waals surface area contributed by atoms with Crippen molar-refractivity contribution in [2.75, 3.05) is 19.6 Å². The van der Waals surface area contributed by atoms with Crippen LogP contribution in [0, 0.1) is 17.7 Å². The van der Waals surface area contributed by atoms with Crippen molar-refractivity contribution in [3.05, 3.63) is 29.6 Å². The normalized spacial score (nSPS) is 29.3. The maximum absolute atomic E-state index is 13.5. The van der Waals surface area contributed by atoms with Crippen LogP contribution in [0.25, 0.3) is 0 Å². The first-order valence-electron chi connectivity index (χ1n) is 6.48. The van der Waals surface area contributed by atoms with Crippen molar-refractivity contribution in [2.45, 2.75) is 18.9 Å². The number of pyridine rings is 1. The van der Waals surface area contributed by atoms with Crippen LogP contribution in [0.5, 0.6) is 0 Å². The molecule has 4 rings (SSSR count). The van der Waals surface area contributed by atoms with Gasteiger partial charge in [-0.2, -0.15) is 4.39 Å². The smallest absolute Gasteiger partial charge is 0.254 e. The van der Waals surface area contributed by atoms with Crippen molar-refractivity contribution in [2.24, 2.45) is 5.92 Å². The van der Waals surface area contributed by atoms with Crippen molar-refractivity contribution in [3.63, 3.8) is 0 Å². The lowest BCUT2D eigenvalue weighted by molar-refractivity contribution is 0.0617. The molecule has 0 saturated carbocycles. The molecule has 0 spiro atoms. The number of rotatable bonds is 2. The second-order valence-corrected chi connectivity index (χ2v) is 5.18. The number of piperidine rings is 3. The van der Waals surface area contributed by atoms with Gasteiger partial charge in [0.1, 0.15) is 0 Å². The Morgan fingerprint density at radius 2 is 2.11 bits per heavy atom. The van der Waals surface area contributed by atoms with Gasteiger partial charge in [-0.3, -0.25) is 4.79 Å². The van der Waals surface area contributed by atoms with Gasteiger partial charge in [0.15, 0.2) is 5.82 Å². The minimum absolute atomic E-state index is 0.0330. The van der Waals surface area contributed by atoms with Crippen LogP contribution in [0.15, 0.2) is 12.3 Å². The van der Waals surface area contributed by atoms with Gasteiger partial charge in [-0.25, -0.2) is 9.37 Å². The molecule has 3 fully saturated rings. The van der Waals surface area contributed by atoms with Crippen LogP contribution < -0.4 is 5.32 Å². The molecule has 0 radical (unpaired) electrons. The molecule has 0 aliphatic carbocycles. The molecule has 1 atom stereocenters. The summed E-state index contributed by atoms with van der Waals surface area (Å²) in [5, 5.41) is 2.82. The topological polar surface area (TPSA) is 45.2 Å². The highest BCUT2D eigenvalue weighted by Crippen LogP contribution is 2.27. The Morgan fingerprint density at radius 1 is 1.37 bits per heavy atom. The standard InChI is InChI=1S/C13H15F2N3O/c14-11-9(1-4-16-12(11)15)13(19)17-10-7-18-5-2-8(10)3-6-18/h1,4,8,10H,2-3,5-7H2,(H,17,19). The molecule has 1 amide bonds. The molecule has 0 aromatic carbocycles. The Kier molecular flexibility index (Phi) is 3.18. The lowest BCUT2D eigenvalue weighted by atomic mass is 9.84. The predicted octanol–water partition coefficient (Wildman–Crippen LogP) is 1.18. The number of aromatic nitrogens is 1. The Morgan fingerprint density at radius 3 is 2.74 bits per heavy atom. The molecule has 6 heteroatoms. The van der Waals surface area contributed by atoms with Crippen molar-refractivity contribution >= 4 is 5.91 Å². The van der Waals surface area contributed by atoms with E-state index in [-0.39, 0.29) is 11.6 Å². The summed E-state index contributed by atoms with van der Waals surface area (Å²) in [5.74, 6) is -2.52. The highest BCUT2D eigenvalue weighted by atomic mass is 19.2. The molecular weight excluding hydrogens is 252 g/mol. The third kappa shape index (κ3) is 2.32. The average molecular weight is 267 g/mol. The second-order valence-electron chi connectivity index (χ2n) is 5.18. The first-order chi connectivity index (χ1) is 9.15. The van der Waals surface area contributed by atoms with E-state index >= 15 is 0 Å². The summed E-state index contributed by atoms with van der Waals surface area (Å²) >= 11 is 0. The zero-order valence-electron chi connectivity index (χ0n) is 10.4. The Labute approximate surface area is 109 Å². The van der Waals surface area contributed by atoms with Gasteiger partial charge in [-0.15, -0.1) is 0 Å². The minimum Gasteiger partial charge on any atom is -0.348 e. The number of carbonyl (C=O) groups is 1. The summed E-state index contributed by atoms with van der Waals surface area (Å²) in [6.07, 6.45) is 3.21. The zero-order chi connectivity index (χ0) is 13.4. The van der Waals surface area contributed by atoms with Crippen LogP contribution in [-0.4, -0.2) is 41.5 Å². The maximum Gasteiger partial charge on any atom is 0.254 e. The largest absolute Gasteiger partial charge is 0.348 e. The molecule has 3 saturated heterocycles. The van der Waals surface area contributed by atoms with Crippen LogP contribution in [0.4, 0.5) is 8.78 Å². The number of amides is 1. The number of fused-ring (bicyclic) bond motifs is 3. The van der Waals surface area contributed by atoms with E-state index in [9.17, 15) is 13.6 Å². The fourth-order valence-corrected chi connectivity index (χ4v) is 2.97. The highest BCUT2D eigenvalue weighted by Gasteiger charge is 2.35. The third-order valence-corrected chi connectivity index (χ3v) is 4.06. The molecular formula is C13H15F2N3O. The molecule has 1 aromatic rings. The molecule has 1 unspecified atom stereocenters. The zero-order valence-corrected chi connectivity index (χ0v) is 10.4. The van der Waals surface area contributed by atoms with Gasteiger partial charge in [-0.1, -0.05) is 0 Å². The minimum atomic E-state index is -1.23. The number of carbonyl (C=O) groups excluding carboxylic acids is 1. The van der Waals surface area contributed by atoms with Gasteiger partial charge < -0.3 is 10.2 Å². The van der Waals surface area contributed by atoms with Crippen LogP contribution in [0.2, 0.25) is 0 Å². The summed E-state index contributed by atoms with van der Waals surface area (Å²) in [5.41, 5.74) is -0.274. The van der Waals surface area contributed by atoms with Crippen molar-refractivity contribution in [3.8, 4) is 0 Å². The van der Waals surface area contributed by atoms with Gasteiger partial charge in [0.2, 0.25) is 5.95 Å². The quantitative estimate of drug-likeness (QED) is 0.819. The van der Waals surface area contributed by atoms with Crippen molar-refractivity contribution in [1.29, 1.82) is 0 Å². The molecule has 4 heterocycles. The molecule has 2 bridgehead atoms. The summed E-state index contributed by atoms with van der Waals surface area (Å²) < 4.78 is 26.5. The van der Waals surface area contributed by atoms with Crippen LogP contribution in [-0.2, 0) is 0 Å². The molecule has 3 aliphatic rings. The van der Waals surface area contributed by atoms with Crippen LogP contribution in [0.3, 0.4) is 0 Å². The van der Waals surface area contributed by atoms with E-state index in [1.807, 2.05) is 0 Å². The Balaban J connectivity index is 1.73. The lowest BCUT2D eigenvalue weighted by Gasteiger charge is -2.44. The molecule has 19 heavy (non-hydrogen) atoms. The number of hydrogen-bond donors (Lipinski definition) is 1. The van der Waals surface area contributed by atoms with E-state index < -0.39 is 17.7 Å². The third-order valence-electron chi connectivity index (χ3n) is 4.06. The first-order valence-corrected chi connectivity index (χ1v) is 6.48. The monoisotopic (exact) mass is 267 g/mol. The van der Waals surface area contributed by atoms with Gasteiger partial charge in [0, 0.05) is 18.8 Å². The summed E-state index contributed by atoms with van der Waals surface area (Å²) in [6, 6.07) is 1.24. The fraction of sp³-hybridized carbons (Fsp3) is 0.538. The number of nitrogens with zero attached hydrogens (tertiary/aromatic N) is 2. The van der Waals surface area contributed by atoms with E-state index in [1.165, 1.54) is 6.07 Å². The summed E-state index contributed by atoms with van der Waals surface area (Å²) in [6.45, 7) is 2.93. The number of halogens is 2.